The molecule has 1 heteroatoms. The Morgan fingerprint density at radius 2 is 1.14 bits per heavy atom. The summed E-state index contributed by atoms with van der Waals surface area (Å²) in [5, 5.41) is 0. The number of hydrogen-bond donors (Lipinski definition) is 0. The van der Waals surface area contributed by atoms with Gasteiger partial charge in [0.15, 0.2) is 0 Å². The molecule has 0 aromatic rings. The molecule has 0 aliphatic heterocycles. The van der Waals surface area contributed by atoms with Crippen molar-refractivity contribution in [1.29, 1.82) is 0 Å². The lowest BCUT2D eigenvalue weighted by Crippen LogP contribution is -1.40. The van der Waals surface area contributed by atoms with E-state index in [9.17, 15) is 0 Å². The maximum atomic E-state index is 2.00. The summed E-state index contributed by atoms with van der Waals surface area (Å²) in [7, 11) is 0. The zero-order chi connectivity index (χ0) is 4.83. The van der Waals surface area contributed by atoms with Gasteiger partial charge in [0.2, 0.25) is 0 Å². The van der Waals surface area contributed by atoms with Crippen LogP contribution in [0.3, 0.4) is 0 Å². The molecule has 0 atom stereocenters. The predicted octanol–water partition coefficient (Wildman–Crippen LogP) is 2.56. The summed E-state index contributed by atoms with van der Waals surface area (Å²) >= 11 is 0. The second kappa shape index (κ2) is 9.24. The molecule has 0 amide bonds. The molecule has 0 aromatic carbocycles. The zero-order valence-electron chi connectivity index (χ0n) is 4.72. The van der Waals surface area contributed by atoms with Crippen molar-refractivity contribution in [3.05, 3.63) is 24.3 Å². The first-order valence-electron chi connectivity index (χ1n) is 2.15. The molecule has 0 saturated heterocycles. The standard InChI is InChI=1S/C6H10.ClH/c1-3-5-6-4-2;/h3-6H,1-2H3;1H/b5-3+,6-4+;. The quantitative estimate of drug-likeness (QED) is 0.465. The van der Waals surface area contributed by atoms with Gasteiger partial charge >= 0.3 is 0 Å². The highest BCUT2D eigenvalue weighted by Crippen LogP contribution is 1.71. The van der Waals surface area contributed by atoms with Crippen LogP contribution in [0, 0.1) is 0 Å². The van der Waals surface area contributed by atoms with Crippen LogP contribution in [0.4, 0.5) is 0 Å². The van der Waals surface area contributed by atoms with Gasteiger partial charge in [0.25, 0.3) is 0 Å². The summed E-state index contributed by atoms with van der Waals surface area (Å²) in [6.45, 7) is 4.00. The SMILES string of the molecule is C/C=C/C=C/C.Cl. The van der Waals surface area contributed by atoms with E-state index in [1.165, 1.54) is 0 Å². The van der Waals surface area contributed by atoms with Crippen LogP contribution in [0.15, 0.2) is 24.3 Å². The fourth-order valence-corrected chi connectivity index (χ4v) is 0.222. The fraction of sp³-hybridized carbons (Fsp3) is 0.333. The average Bonchev–Trinajstić information content (AvgIpc) is 1.61. The Hall–Kier alpha value is -0.230. The summed E-state index contributed by atoms with van der Waals surface area (Å²) < 4.78 is 0. The molecule has 0 aliphatic rings. The van der Waals surface area contributed by atoms with Gasteiger partial charge in [-0.25, -0.2) is 0 Å². The van der Waals surface area contributed by atoms with Crippen LogP contribution in [0.1, 0.15) is 13.8 Å². The van der Waals surface area contributed by atoms with E-state index in [1.807, 2.05) is 38.2 Å². The Balaban J connectivity index is 0. The molecule has 7 heavy (non-hydrogen) atoms. The minimum atomic E-state index is 0. The number of halogens is 1. The molecule has 0 radical (unpaired) electrons. The Bertz CT molecular complexity index is 52.6. The molecule has 0 spiro atoms. The van der Waals surface area contributed by atoms with E-state index >= 15 is 0 Å². The lowest BCUT2D eigenvalue weighted by Gasteiger charge is -1.62. The molecule has 0 aromatic heterocycles. The maximum Gasteiger partial charge on any atom is -0.0467 e. The van der Waals surface area contributed by atoms with E-state index in [0.29, 0.717) is 0 Å². The second-order valence-electron chi connectivity index (χ2n) is 1.05. The van der Waals surface area contributed by atoms with Gasteiger partial charge in [0, 0.05) is 0 Å². The van der Waals surface area contributed by atoms with Crippen LogP contribution in [0.5, 0.6) is 0 Å². The van der Waals surface area contributed by atoms with Gasteiger partial charge in [-0.1, -0.05) is 24.3 Å². The highest BCUT2D eigenvalue weighted by atomic mass is 35.5. The first-order chi connectivity index (χ1) is 2.91. The molecule has 0 aliphatic carbocycles. The third-order valence-electron chi connectivity index (χ3n) is 0.496. The summed E-state index contributed by atoms with van der Waals surface area (Å²) in [5.74, 6) is 0. The Morgan fingerprint density at radius 1 is 0.857 bits per heavy atom. The van der Waals surface area contributed by atoms with Gasteiger partial charge in [0.05, 0.1) is 0 Å². The zero-order valence-corrected chi connectivity index (χ0v) is 5.53. The summed E-state index contributed by atoms with van der Waals surface area (Å²) in [5.41, 5.74) is 0. The number of hydrogen-bond acceptors (Lipinski definition) is 0. The lowest BCUT2D eigenvalue weighted by molar-refractivity contribution is 1.69. The van der Waals surface area contributed by atoms with Gasteiger partial charge in [-0.2, -0.15) is 0 Å². The van der Waals surface area contributed by atoms with Crippen molar-refractivity contribution in [1.82, 2.24) is 0 Å². The summed E-state index contributed by atoms with van der Waals surface area (Å²) in [6.07, 6.45) is 8.00. The van der Waals surface area contributed by atoms with E-state index in [4.69, 9.17) is 0 Å². The van der Waals surface area contributed by atoms with Gasteiger partial charge in [0.1, 0.15) is 0 Å². The average molecular weight is 119 g/mol. The molecule has 0 N–H and O–H groups in total. The van der Waals surface area contributed by atoms with Gasteiger partial charge in [-0.05, 0) is 13.8 Å². The predicted molar refractivity (Wildman–Crippen MR) is 36.9 cm³/mol. The topological polar surface area (TPSA) is 0 Å². The minimum absolute atomic E-state index is 0. The van der Waals surface area contributed by atoms with Crippen molar-refractivity contribution in [3.8, 4) is 0 Å². The molecule has 0 bridgehead atoms. The van der Waals surface area contributed by atoms with Crippen LogP contribution < -0.4 is 0 Å². The van der Waals surface area contributed by atoms with Crippen molar-refractivity contribution in [3.63, 3.8) is 0 Å². The van der Waals surface area contributed by atoms with Crippen molar-refractivity contribution in [2.24, 2.45) is 0 Å². The number of rotatable bonds is 1. The van der Waals surface area contributed by atoms with Crippen LogP contribution in [0.25, 0.3) is 0 Å². The molecular formula is C6H11Cl. The van der Waals surface area contributed by atoms with Crippen molar-refractivity contribution in [2.75, 3.05) is 0 Å². The van der Waals surface area contributed by atoms with E-state index in [-0.39, 0.29) is 12.4 Å². The largest absolute Gasteiger partial charge is 0.147 e. The van der Waals surface area contributed by atoms with Crippen molar-refractivity contribution < 1.29 is 0 Å². The fourth-order valence-electron chi connectivity index (χ4n) is 0.222. The third kappa shape index (κ3) is 10.7. The van der Waals surface area contributed by atoms with Crippen molar-refractivity contribution in [2.45, 2.75) is 13.8 Å². The maximum absolute atomic E-state index is 2.00. The van der Waals surface area contributed by atoms with Crippen LogP contribution >= 0.6 is 12.4 Å². The van der Waals surface area contributed by atoms with E-state index < -0.39 is 0 Å². The molecule has 0 unspecified atom stereocenters. The molecule has 0 nitrogen and oxygen atoms in total. The molecule has 42 valence electrons. The monoisotopic (exact) mass is 118 g/mol. The van der Waals surface area contributed by atoms with E-state index in [1.54, 1.807) is 0 Å². The number of allylic oxidation sites excluding steroid dienone is 4. The highest BCUT2D eigenvalue weighted by molar-refractivity contribution is 5.85. The Labute approximate surface area is 51.3 Å². The highest BCUT2D eigenvalue weighted by Gasteiger charge is 1.48. The first kappa shape index (κ1) is 9.91. The first-order valence-corrected chi connectivity index (χ1v) is 2.15. The van der Waals surface area contributed by atoms with Crippen LogP contribution in [-0.4, -0.2) is 0 Å². The van der Waals surface area contributed by atoms with E-state index in [0.717, 1.165) is 0 Å². The summed E-state index contributed by atoms with van der Waals surface area (Å²) in [6, 6.07) is 0. The van der Waals surface area contributed by atoms with Gasteiger partial charge < -0.3 is 0 Å². The van der Waals surface area contributed by atoms with Gasteiger partial charge in [-0.15, -0.1) is 12.4 Å². The van der Waals surface area contributed by atoms with Crippen LogP contribution in [0.2, 0.25) is 0 Å². The molecule has 0 rings (SSSR count). The normalized spacial score (nSPS) is 10.0. The lowest BCUT2D eigenvalue weighted by atomic mass is 10.5. The third-order valence-corrected chi connectivity index (χ3v) is 0.496. The Kier molecular flexibility index (Phi) is 13.1. The van der Waals surface area contributed by atoms with E-state index in [2.05, 4.69) is 0 Å². The second-order valence-corrected chi connectivity index (χ2v) is 1.05. The Morgan fingerprint density at radius 3 is 1.29 bits per heavy atom. The van der Waals surface area contributed by atoms with Crippen molar-refractivity contribution >= 4 is 12.4 Å². The smallest absolute Gasteiger partial charge is 0.0467 e. The molecular weight excluding hydrogens is 108 g/mol. The summed E-state index contributed by atoms with van der Waals surface area (Å²) in [4.78, 5) is 0. The molecule has 0 fully saturated rings. The molecule has 0 saturated carbocycles. The van der Waals surface area contributed by atoms with Crippen LogP contribution in [-0.2, 0) is 0 Å². The minimum Gasteiger partial charge on any atom is -0.147 e. The molecule has 0 heterocycles. The van der Waals surface area contributed by atoms with Gasteiger partial charge in [-0.3, -0.25) is 0 Å².